The number of anilines is 3. The lowest BCUT2D eigenvalue weighted by Gasteiger charge is -2.39. The second-order valence-corrected chi connectivity index (χ2v) is 12.7. The highest BCUT2D eigenvalue weighted by Crippen LogP contribution is 2.43. The Morgan fingerprint density at radius 3 is 2.23 bits per heavy atom. The highest BCUT2D eigenvalue weighted by atomic mass is 32.1. The molecule has 11 nitrogen and oxygen atoms in total. The predicted molar refractivity (Wildman–Crippen MR) is 158 cm³/mol. The number of rotatable bonds is 9. The summed E-state index contributed by atoms with van der Waals surface area (Å²) in [6.07, 6.45) is 2.27. The highest BCUT2D eigenvalue weighted by Gasteiger charge is 2.44. The minimum Gasteiger partial charge on any atom is -0.378 e. The Labute approximate surface area is 253 Å². The average molecular weight is 627 g/mol. The van der Waals surface area contributed by atoms with Gasteiger partial charge in [-0.1, -0.05) is 65.5 Å². The van der Waals surface area contributed by atoms with Gasteiger partial charge in [-0.3, -0.25) is 14.9 Å². The molecule has 1 saturated heterocycles. The second-order valence-electron chi connectivity index (χ2n) is 10.7. The van der Waals surface area contributed by atoms with Gasteiger partial charge in [0.15, 0.2) is 6.10 Å². The summed E-state index contributed by atoms with van der Waals surface area (Å²) >= 11 is 2.63. The van der Waals surface area contributed by atoms with Gasteiger partial charge < -0.3 is 15.3 Å². The molecule has 0 radical (unpaired) electrons. The van der Waals surface area contributed by atoms with E-state index in [9.17, 15) is 23.5 Å². The van der Waals surface area contributed by atoms with Crippen molar-refractivity contribution in [1.82, 2.24) is 25.4 Å². The Morgan fingerprint density at radius 2 is 1.58 bits per heavy atom. The molecule has 3 aromatic heterocycles. The van der Waals surface area contributed by atoms with Crippen LogP contribution in [0.15, 0.2) is 48.5 Å². The maximum Gasteiger partial charge on any atom is 0.282 e. The molecule has 1 aliphatic carbocycles. The fraction of sp³-hybridized carbons (Fsp3) is 0.393. The zero-order chi connectivity index (χ0) is 30.0. The van der Waals surface area contributed by atoms with Gasteiger partial charge in [0.25, 0.3) is 11.8 Å². The van der Waals surface area contributed by atoms with Crippen molar-refractivity contribution in [3.05, 3.63) is 69.8 Å². The molecule has 43 heavy (non-hydrogen) atoms. The van der Waals surface area contributed by atoms with Gasteiger partial charge in [0.2, 0.25) is 16.2 Å². The molecule has 0 bridgehead atoms. The standard InChI is InChI=1S/C28H28F2N8O3S2/c29-28(30)14-38(15-28)20-11-5-10-19(31-20)13-21(39)32-26-36-34-24(42-26)17-8-4-9-18(12-17)25-35-37-27(43-25)33-23(41)22(40)16-6-2-1-3-7-16/h1-3,5-7,10-11,17-18,22,40H,4,8-9,12-15H2,(H,32,36,39)(H,33,37,41)/t17-,18-,22-/m0/s1. The van der Waals surface area contributed by atoms with Gasteiger partial charge in [0.05, 0.1) is 25.2 Å². The summed E-state index contributed by atoms with van der Waals surface area (Å²) in [7, 11) is 0. The molecule has 0 unspecified atom stereocenters. The fourth-order valence-electron chi connectivity index (χ4n) is 5.24. The van der Waals surface area contributed by atoms with Gasteiger partial charge >= 0.3 is 0 Å². The molecule has 1 aliphatic heterocycles. The van der Waals surface area contributed by atoms with Crippen LogP contribution in [0.25, 0.3) is 0 Å². The number of nitrogens with one attached hydrogen (secondary N) is 2. The maximum atomic E-state index is 13.2. The number of halogens is 2. The normalized spacial score (nSPS) is 20.2. The Kier molecular flexibility index (Phi) is 8.36. The quantitative estimate of drug-likeness (QED) is 0.244. The number of nitrogens with zero attached hydrogens (tertiary/aromatic N) is 6. The number of pyridine rings is 1. The van der Waals surface area contributed by atoms with E-state index in [4.69, 9.17) is 0 Å². The molecule has 2 fully saturated rings. The number of aromatic nitrogens is 5. The number of hydrogen-bond donors (Lipinski definition) is 3. The Balaban J connectivity index is 1.02. The van der Waals surface area contributed by atoms with E-state index in [1.807, 2.05) is 6.07 Å². The molecule has 0 spiro atoms. The van der Waals surface area contributed by atoms with Crippen molar-refractivity contribution < 1.29 is 23.5 Å². The first-order valence-electron chi connectivity index (χ1n) is 13.8. The van der Waals surface area contributed by atoms with Crippen LogP contribution in [0.1, 0.15) is 64.9 Å². The third-order valence-electron chi connectivity index (χ3n) is 7.40. The second kappa shape index (κ2) is 12.3. The van der Waals surface area contributed by atoms with Crippen LogP contribution in [0, 0.1) is 0 Å². The van der Waals surface area contributed by atoms with E-state index in [1.165, 1.54) is 27.6 Å². The van der Waals surface area contributed by atoms with E-state index in [2.05, 4.69) is 36.0 Å². The first-order valence-corrected chi connectivity index (χ1v) is 15.4. The average Bonchev–Trinajstić information content (AvgIpc) is 3.66. The molecule has 3 N–H and O–H groups in total. The molecule has 2 amide bonds. The number of benzene rings is 1. The molecular formula is C28H28F2N8O3S2. The lowest BCUT2D eigenvalue weighted by Crippen LogP contribution is -2.56. The summed E-state index contributed by atoms with van der Waals surface area (Å²) in [5, 5.41) is 35.0. The molecule has 4 aromatic rings. The highest BCUT2D eigenvalue weighted by molar-refractivity contribution is 7.15. The first kappa shape index (κ1) is 29.1. The van der Waals surface area contributed by atoms with E-state index >= 15 is 0 Å². The minimum atomic E-state index is -2.70. The van der Waals surface area contributed by atoms with Crippen molar-refractivity contribution in [3.8, 4) is 0 Å². The smallest absolute Gasteiger partial charge is 0.282 e. The van der Waals surface area contributed by atoms with E-state index in [1.54, 1.807) is 42.5 Å². The molecule has 2 aliphatic rings. The number of alkyl halides is 2. The lowest BCUT2D eigenvalue weighted by molar-refractivity contribution is -0.124. The topological polar surface area (TPSA) is 146 Å². The molecule has 4 heterocycles. The third-order valence-corrected chi connectivity index (χ3v) is 9.40. The molecule has 6 rings (SSSR count). The molecule has 15 heteroatoms. The van der Waals surface area contributed by atoms with Gasteiger partial charge in [-0.05, 0) is 37.0 Å². The van der Waals surface area contributed by atoms with Gasteiger partial charge in [0.1, 0.15) is 15.8 Å². The summed E-state index contributed by atoms with van der Waals surface area (Å²) in [6.45, 7) is -0.748. The summed E-state index contributed by atoms with van der Waals surface area (Å²) in [6, 6.07) is 13.7. The Hall–Kier alpha value is -3.95. The minimum absolute atomic E-state index is 0.0171. The molecule has 1 aromatic carbocycles. The van der Waals surface area contributed by atoms with Gasteiger partial charge in [-0.15, -0.1) is 20.4 Å². The maximum absolute atomic E-state index is 13.2. The first-order chi connectivity index (χ1) is 20.7. The van der Waals surface area contributed by atoms with Crippen LogP contribution in [0.2, 0.25) is 0 Å². The van der Waals surface area contributed by atoms with Crippen molar-refractivity contribution >= 4 is 50.6 Å². The van der Waals surface area contributed by atoms with Gasteiger partial charge in [0, 0.05) is 11.8 Å². The number of carbonyl (C=O) groups is 2. The van der Waals surface area contributed by atoms with Crippen LogP contribution in [-0.2, 0) is 16.0 Å². The van der Waals surface area contributed by atoms with E-state index in [-0.39, 0.29) is 37.3 Å². The zero-order valence-corrected chi connectivity index (χ0v) is 24.5. The van der Waals surface area contributed by atoms with Crippen LogP contribution < -0.4 is 15.5 Å². The van der Waals surface area contributed by atoms with Crippen LogP contribution >= 0.6 is 22.7 Å². The summed E-state index contributed by atoms with van der Waals surface area (Å²) in [4.78, 5) is 31.0. The summed E-state index contributed by atoms with van der Waals surface area (Å²) in [5.74, 6) is -2.89. The summed E-state index contributed by atoms with van der Waals surface area (Å²) < 4.78 is 26.4. The van der Waals surface area contributed by atoms with Crippen LogP contribution in [0.4, 0.5) is 24.9 Å². The molecule has 3 atom stereocenters. The van der Waals surface area contributed by atoms with Gasteiger partial charge in [-0.2, -0.15) is 0 Å². The van der Waals surface area contributed by atoms with Crippen molar-refractivity contribution in [3.63, 3.8) is 0 Å². The lowest BCUT2D eigenvalue weighted by atomic mass is 9.82. The van der Waals surface area contributed by atoms with Crippen molar-refractivity contribution in [2.45, 2.75) is 56.0 Å². The van der Waals surface area contributed by atoms with Crippen LogP contribution in [-0.4, -0.2) is 61.3 Å². The van der Waals surface area contributed by atoms with Crippen molar-refractivity contribution in [2.75, 3.05) is 28.6 Å². The largest absolute Gasteiger partial charge is 0.378 e. The number of aliphatic hydroxyl groups is 1. The van der Waals surface area contributed by atoms with Crippen LogP contribution in [0.5, 0.6) is 0 Å². The Morgan fingerprint density at radius 1 is 0.930 bits per heavy atom. The van der Waals surface area contributed by atoms with Gasteiger partial charge in [-0.25, -0.2) is 13.8 Å². The number of carbonyl (C=O) groups excluding carboxylic acids is 2. The van der Waals surface area contributed by atoms with Crippen molar-refractivity contribution in [2.24, 2.45) is 0 Å². The van der Waals surface area contributed by atoms with Crippen LogP contribution in [0.3, 0.4) is 0 Å². The zero-order valence-electron chi connectivity index (χ0n) is 22.8. The monoisotopic (exact) mass is 626 g/mol. The fourth-order valence-corrected chi connectivity index (χ4v) is 7.04. The number of amides is 2. The van der Waals surface area contributed by atoms with Crippen molar-refractivity contribution in [1.29, 1.82) is 0 Å². The van der Waals surface area contributed by atoms with E-state index in [0.29, 0.717) is 27.3 Å². The molecular weight excluding hydrogens is 598 g/mol. The Bertz CT molecular complexity index is 1590. The predicted octanol–water partition coefficient (Wildman–Crippen LogP) is 4.53. The molecule has 224 valence electrons. The third kappa shape index (κ3) is 7.00. The SMILES string of the molecule is O=C(Cc1cccc(N2CC(F)(F)C2)n1)Nc1nnc([C@H]2CCC[C@H](c3nnc(NC(=O)[C@@H](O)c4ccccc4)s3)C2)s1. The number of hydrogen-bond acceptors (Lipinski definition) is 11. The van der Waals surface area contributed by atoms with E-state index in [0.717, 1.165) is 35.7 Å². The van der Waals surface area contributed by atoms with E-state index < -0.39 is 17.9 Å². The molecule has 1 saturated carbocycles. The number of aliphatic hydroxyl groups excluding tert-OH is 1. The summed E-state index contributed by atoms with van der Waals surface area (Å²) in [5.41, 5.74) is 0.975.